The van der Waals surface area contributed by atoms with Crippen LogP contribution in [0.5, 0.6) is 0 Å². The minimum atomic E-state index is -0.868. The molecule has 2 saturated heterocycles. The molecule has 0 aliphatic carbocycles. The monoisotopic (exact) mass is 395 g/mol. The Morgan fingerprint density at radius 3 is 2.86 bits per heavy atom. The van der Waals surface area contributed by atoms with Crippen LogP contribution in [0.2, 0.25) is 5.02 Å². The van der Waals surface area contributed by atoms with Gasteiger partial charge in [0, 0.05) is 33.9 Å². The standard InChI is InChI=1S/C22H22ClN3O2/c1-21(2)26-13(11-28-21)10-15-14-5-3-4-6-17(14)24-19(15)22(26)16-9-12(23)7-8-18(16)25-20(22)27/h3-9,13,15,19,24H,10-11H2,1-2H3,(H,25,27)/t13-,15?,19?,22-/m0/s1. The van der Waals surface area contributed by atoms with Gasteiger partial charge in [-0.25, -0.2) is 0 Å². The molecule has 0 aromatic heterocycles. The third kappa shape index (κ3) is 1.87. The van der Waals surface area contributed by atoms with E-state index in [0.29, 0.717) is 11.6 Å². The average Bonchev–Trinajstić information content (AvgIpc) is 3.27. The number of fused-ring (bicyclic) bond motifs is 8. The number of piperidine rings is 1. The van der Waals surface area contributed by atoms with Gasteiger partial charge in [0.25, 0.3) is 5.91 Å². The molecule has 6 rings (SSSR count). The predicted molar refractivity (Wildman–Crippen MR) is 109 cm³/mol. The van der Waals surface area contributed by atoms with Crippen LogP contribution in [0, 0.1) is 0 Å². The Balaban J connectivity index is 1.64. The second kappa shape index (κ2) is 5.29. The first-order valence-electron chi connectivity index (χ1n) is 9.83. The molecule has 0 bridgehead atoms. The normalized spacial score (nSPS) is 34.4. The number of nitrogens with one attached hydrogen (secondary N) is 2. The number of anilines is 2. The van der Waals surface area contributed by atoms with E-state index in [1.165, 1.54) is 5.56 Å². The number of benzene rings is 2. The van der Waals surface area contributed by atoms with Crippen molar-refractivity contribution in [1.82, 2.24) is 4.90 Å². The van der Waals surface area contributed by atoms with Crippen LogP contribution in [0.25, 0.3) is 0 Å². The second-order valence-corrected chi connectivity index (χ2v) is 9.18. The van der Waals surface area contributed by atoms with Crippen LogP contribution in [0.15, 0.2) is 42.5 Å². The van der Waals surface area contributed by atoms with E-state index >= 15 is 0 Å². The number of carbonyl (C=O) groups is 1. The van der Waals surface area contributed by atoms with Crippen LogP contribution >= 0.6 is 11.6 Å². The molecule has 4 atom stereocenters. The zero-order chi connectivity index (χ0) is 19.3. The van der Waals surface area contributed by atoms with Crippen molar-refractivity contribution >= 4 is 28.9 Å². The van der Waals surface area contributed by atoms with Crippen molar-refractivity contribution < 1.29 is 9.53 Å². The van der Waals surface area contributed by atoms with E-state index in [0.717, 1.165) is 23.4 Å². The van der Waals surface area contributed by atoms with Gasteiger partial charge in [-0.05, 0) is 50.1 Å². The summed E-state index contributed by atoms with van der Waals surface area (Å²) in [5.74, 6) is 0.244. The molecule has 28 heavy (non-hydrogen) atoms. The summed E-state index contributed by atoms with van der Waals surface area (Å²) in [6.07, 6.45) is 0.961. The summed E-state index contributed by atoms with van der Waals surface area (Å²) >= 11 is 6.41. The summed E-state index contributed by atoms with van der Waals surface area (Å²) < 4.78 is 6.21. The molecule has 2 unspecified atom stereocenters. The molecular weight excluding hydrogens is 374 g/mol. The Morgan fingerprint density at radius 2 is 2.00 bits per heavy atom. The van der Waals surface area contributed by atoms with Crippen molar-refractivity contribution in [2.75, 3.05) is 17.2 Å². The van der Waals surface area contributed by atoms with E-state index in [9.17, 15) is 4.79 Å². The Bertz CT molecular complexity index is 1020. The molecule has 6 heteroatoms. The van der Waals surface area contributed by atoms with E-state index in [2.05, 4.69) is 47.6 Å². The number of rotatable bonds is 0. The van der Waals surface area contributed by atoms with Crippen molar-refractivity contribution in [2.45, 2.75) is 49.5 Å². The van der Waals surface area contributed by atoms with Gasteiger partial charge in [0.05, 0.1) is 12.6 Å². The molecule has 2 N–H and O–H groups in total. The maximum Gasteiger partial charge on any atom is 0.251 e. The number of amides is 1. The number of para-hydroxylation sites is 1. The first-order valence-corrected chi connectivity index (χ1v) is 10.2. The molecule has 2 fully saturated rings. The van der Waals surface area contributed by atoms with E-state index in [-0.39, 0.29) is 23.9 Å². The van der Waals surface area contributed by atoms with Gasteiger partial charge in [-0.2, -0.15) is 0 Å². The molecule has 4 heterocycles. The highest BCUT2D eigenvalue weighted by molar-refractivity contribution is 6.31. The van der Waals surface area contributed by atoms with Gasteiger partial charge in [0.2, 0.25) is 0 Å². The molecule has 4 aliphatic heterocycles. The summed E-state index contributed by atoms with van der Waals surface area (Å²) in [6.45, 7) is 4.75. The van der Waals surface area contributed by atoms with Crippen molar-refractivity contribution in [2.24, 2.45) is 0 Å². The minimum absolute atomic E-state index is 0.00310. The molecule has 144 valence electrons. The highest BCUT2D eigenvalue weighted by Crippen LogP contribution is 2.59. The third-order valence-corrected chi connectivity index (χ3v) is 7.23. The van der Waals surface area contributed by atoms with Gasteiger partial charge < -0.3 is 15.4 Å². The zero-order valence-electron chi connectivity index (χ0n) is 15.8. The molecular formula is C22H22ClN3O2. The topological polar surface area (TPSA) is 53.6 Å². The van der Waals surface area contributed by atoms with Crippen LogP contribution in [-0.4, -0.2) is 35.2 Å². The van der Waals surface area contributed by atoms with E-state index in [4.69, 9.17) is 16.3 Å². The number of hydrogen-bond donors (Lipinski definition) is 2. The van der Waals surface area contributed by atoms with Crippen molar-refractivity contribution in [3.63, 3.8) is 0 Å². The summed E-state index contributed by atoms with van der Waals surface area (Å²) in [4.78, 5) is 16.1. The molecule has 2 aromatic carbocycles. The lowest BCUT2D eigenvalue weighted by Crippen LogP contribution is -2.70. The molecule has 5 nitrogen and oxygen atoms in total. The van der Waals surface area contributed by atoms with Gasteiger partial charge in [0.1, 0.15) is 5.72 Å². The second-order valence-electron chi connectivity index (χ2n) is 8.74. The van der Waals surface area contributed by atoms with Gasteiger partial charge in [0.15, 0.2) is 5.54 Å². The van der Waals surface area contributed by atoms with Gasteiger partial charge in [-0.15, -0.1) is 0 Å². The van der Waals surface area contributed by atoms with E-state index < -0.39 is 11.3 Å². The fraction of sp³-hybridized carbons (Fsp3) is 0.409. The first kappa shape index (κ1) is 16.8. The van der Waals surface area contributed by atoms with Gasteiger partial charge in [-0.3, -0.25) is 9.69 Å². The van der Waals surface area contributed by atoms with Crippen LogP contribution in [0.3, 0.4) is 0 Å². The quantitative estimate of drug-likeness (QED) is 0.710. The molecule has 2 aromatic rings. The Hall–Kier alpha value is -2.08. The van der Waals surface area contributed by atoms with Gasteiger partial charge >= 0.3 is 0 Å². The molecule has 1 spiro atoms. The lowest BCUT2D eigenvalue weighted by molar-refractivity contribution is -0.154. The number of carbonyl (C=O) groups excluding carboxylic acids is 1. The number of ether oxygens (including phenoxy) is 1. The summed E-state index contributed by atoms with van der Waals surface area (Å²) in [5, 5.41) is 7.49. The van der Waals surface area contributed by atoms with Crippen LogP contribution in [-0.2, 0) is 15.1 Å². The first-order chi connectivity index (χ1) is 13.4. The van der Waals surface area contributed by atoms with E-state index in [1.54, 1.807) is 0 Å². The summed E-state index contributed by atoms with van der Waals surface area (Å²) in [5.41, 5.74) is 2.79. The fourth-order valence-electron chi connectivity index (χ4n) is 6.10. The number of halogens is 1. The van der Waals surface area contributed by atoms with E-state index in [1.807, 2.05) is 24.3 Å². The minimum Gasteiger partial charge on any atom is -0.379 e. The third-order valence-electron chi connectivity index (χ3n) is 6.99. The maximum absolute atomic E-state index is 13.8. The van der Waals surface area contributed by atoms with Crippen LogP contribution in [0.4, 0.5) is 11.4 Å². The predicted octanol–water partition coefficient (Wildman–Crippen LogP) is 3.91. The van der Waals surface area contributed by atoms with Crippen LogP contribution in [0.1, 0.15) is 37.3 Å². The summed E-state index contributed by atoms with van der Waals surface area (Å²) in [6, 6.07) is 14.2. The molecule has 0 saturated carbocycles. The molecule has 4 aliphatic rings. The smallest absolute Gasteiger partial charge is 0.251 e. The highest BCUT2D eigenvalue weighted by Gasteiger charge is 2.69. The largest absolute Gasteiger partial charge is 0.379 e. The lowest BCUT2D eigenvalue weighted by Gasteiger charge is -2.54. The van der Waals surface area contributed by atoms with Crippen molar-refractivity contribution in [1.29, 1.82) is 0 Å². The summed E-state index contributed by atoms with van der Waals surface area (Å²) in [7, 11) is 0. The SMILES string of the molecule is CC1(C)OC[C@@H]2CC3c4ccccc4NC3[C@@]3(C(=O)Nc4ccc(Cl)cc43)N21. The number of nitrogens with zero attached hydrogens (tertiary/aromatic N) is 1. The average molecular weight is 396 g/mol. The Morgan fingerprint density at radius 1 is 1.18 bits per heavy atom. The lowest BCUT2D eigenvalue weighted by atomic mass is 9.69. The Kier molecular flexibility index (Phi) is 3.18. The van der Waals surface area contributed by atoms with Crippen molar-refractivity contribution in [3.8, 4) is 0 Å². The highest BCUT2D eigenvalue weighted by atomic mass is 35.5. The zero-order valence-corrected chi connectivity index (χ0v) is 16.6. The Labute approximate surface area is 169 Å². The van der Waals surface area contributed by atoms with Crippen LogP contribution < -0.4 is 10.6 Å². The molecule has 0 radical (unpaired) electrons. The van der Waals surface area contributed by atoms with Crippen molar-refractivity contribution in [3.05, 3.63) is 58.6 Å². The maximum atomic E-state index is 13.8. The fourth-order valence-corrected chi connectivity index (χ4v) is 6.27. The van der Waals surface area contributed by atoms with Gasteiger partial charge in [-0.1, -0.05) is 29.8 Å². The molecule has 1 amide bonds. The number of hydrogen-bond acceptors (Lipinski definition) is 4.